The SMILES string of the molecule is C=Cc1ccc(-c2ccc(OCOc3ccc(C=C)c(C=C)c3)cc2)cc1.C=Cc1ccc(C(=O)OCCc2ccc(OC(=O)c3ccc(C=C)c(C=C)c3)cc2)cc1C=C. The highest BCUT2D eigenvalue weighted by Crippen LogP contribution is 2.25. The molecule has 0 unspecified atom stereocenters. The van der Waals surface area contributed by atoms with Crippen LogP contribution in [0.25, 0.3) is 53.7 Å². The molecular formula is C55H48O6. The lowest BCUT2D eigenvalue weighted by Gasteiger charge is -2.11. The van der Waals surface area contributed by atoms with E-state index >= 15 is 0 Å². The summed E-state index contributed by atoms with van der Waals surface area (Å²) in [5.74, 6) is 1.06. The maximum atomic E-state index is 12.5. The molecule has 0 aromatic heterocycles. The summed E-state index contributed by atoms with van der Waals surface area (Å²) >= 11 is 0. The first-order valence-corrected chi connectivity index (χ1v) is 19.5. The van der Waals surface area contributed by atoms with Crippen molar-refractivity contribution < 1.29 is 28.5 Å². The number of carbonyl (C=O) groups is 2. The molecule has 0 aliphatic rings. The highest BCUT2D eigenvalue weighted by Gasteiger charge is 2.12. The van der Waals surface area contributed by atoms with Crippen LogP contribution in [0, 0.1) is 0 Å². The Bertz CT molecular complexity index is 2540. The minimum Gasteiger partial charge on any atom is -0.462 e. The lowest BCUT2D eigenvalue weighted by atomic mass is 10.0. The van der Waals surface area contributed by atoms with Gasteiger partial charge in [-0.05, 0) is 116 Å². The molecule has 304 valence electrons. The zero-order valence-corrected chi connectivity index (χ0v) is 34.2. The normalized spacial score (nSPS) is 10.1. The molecule has 0 heterocycles. The summed E-state index contributed by atoms with van der Waals surface area (Å²) in [6, 6.07) is 39.5. The Labute approximate surface area is 359 Å². The second kappa shape index (κ2) is 22.3. The second-order valence-electron chi connectivity index (χ2n) is 13.4. The van der Waals surface area contributed by atoms with Gasteiger partial charge in [0.05, 0.1) is 17.7 Å². The number of hydrogen-bond donors (Lipinski definition) is 0. The first-order chi connectivity index (χ1) is 29.7. The van der Waals surface area contributed by atoms with Crippen molar-refractivity contribution >= 4 is 54.5 Å². The molecule has 0 saturated carbocycles. The molecule has 61 heavy (non-hydrogen) atoms. The quantitative estimate of drug-likeness (QED) is 0.0489. The van der Waals surface area contributed by atoms with Crippen molar-refractivity contribution in [1.29, 1.82) is 0 Å². The standard InChI is InChI=1S/C30H26O4.C25H22O2/c1-5-22-11-13-26(19-24(22)7-3)29(31)33-18-17-21-9-15-28(16-10-21)34-30(32)27-14-12-23(6-2)25(8-4)20-27;1-4-19-7-9-22(10-8-19)23-12-14-24(15-13-23)26-18-27-25-16-11-20(5-2)21(6-3)17-25/h5-16,19-20H,1-4,17-18H2;4-17H,1-3,18H2. The molecular weight excluding hydrogens is 757 g/mol. The van der Waals surface area contributed by atoms with Gasteiger partial charge in [0, 0.05) is 6.42 Å². The van der Waals surface area contributed by atoms with Crippen LogP contribution in [0.5, 0.6) is 17.2 Å². The van der Waals surface area contributed by atoms with Crippen LogP contribution >= 0.6 is 0 Å². The van der Waals surface area contributed by atoms with Gasteiger partial charge in [-0.2, -0.15) is 0 Å². The van der Waals surface area contributed by atoms with E-state index in [-0.39, 0.29) is 13.4 Å². The molecule has 0 aliphatic heterocycles. The number of benzene rings is 6. The van der Waals surface area contributed by atoms with Crippen molar-refractivity contribution in [2.24, 2.45) is 0 Å². The molecule has 0 atom stereocenters. The Morgan fingerprint density at radius 3 is 1.39 bits per heavy atom. The van der Waals surface area contributed by atoms with E-state index in [2.05, 4.69) is 70.3 Å². The molecule has 0 spiro atoms. The van der Waals surface area contributed by atoms with E-state index in [1.165, 1.54) is 0 Å². The number of carbonyl (C=O) groups excluding carboxylic acids is 2. The Hall–Kier alpha value is -7.96. The topological polar surface area (TPSA) is 71.1 Å². The molecule has 6 nitrogen and oxygen atoms in total. The fourth-order valence-corrected chi connectivity index (χ4v) is 6.09. The molecule has 6 aromatic rings. The van der Waals surface area contributed by atoms with Crippen molar-refractivity contribution in [1.82, 2.24) is 0 Å². The highest BCUT2D eigenvalue weighted by atomic mass is 16.7. The Morgan fingerprint density at radius 1 is 0.426 bits per heavy atom. The lowest BCUT2D eigenvalue weighted by molar-refractivity contribution is 0.0508. The van der Waals surface area contributed by atoms with E-state index in [4.69, 9.17) is 18.9 Å². The van der Waals surface area contributed by atoms with Gasteiger partial charge in [0.1, 0.15) is 17.2 Å². The van der Waals surface area contributed by atoms with E-state index < -0.39 is 11.9 Å². The van der Waals surface area contributed by atoms with Crippen molar-refractivity contribution in [2.45, 2.75) is 6.42 Å². The number of rotatable bonds is 18. The highest BCUT2D eigenvalue weighted by molar-refractivity contribution is 5.92. The van der Waals surface area contributed by atoms with Crippen LogP contribution < -0.4 is 14.2 Å². The maximum Gasteiger partial charge on any atom is 0.343 e. The minimum absolute atomic E-state index is 0.136. The van der Waals surface area contributed by atoms with Crippen molar-refractivity contribution in [2.75, 3.05) is 13.4 Å². The van der Waals surface area contributed by atoms with E-state index in [0.717, 1.165) is 67.1 Å². The Morgan fingerprint density at radius 2 is 0.869 bits per heavy atom. The molecule has 0 N–H and O–H groups in total. The van der Waals surface area contributed by atoms with Gasteiger partial charge < -0.3 is 18.9 Å². The van der Waals surface area contributed by atoms with Crippen LogP contribution in [-0.4, -0.2) is 25.3 Å². The van der Waals surface area contributed by atoms with Crippen molar-refractivity contribution in [3.05, 3.63) is 229 Å². The number of ether oxygens (including phenoxy) is 4. The van der Waals surface area contributed by atoms with Crippen molar-refractivity contribution in [3.8, 4) is 28.4 Å². The molecule has 6 aromatic carbocycles. The molecule has 0 bridgehead atoms. The average Bonchev–Trinajstić information content (AvgIpc) is 3.31. The summed E-state index contributed by atoms with van der Waals surface area (Å²) in [6.07, 6.45) is 12.7. The number of hydrogen-bond acceptors (Lipinski definition) is 6. The van der Waals surface area contributed by atoms with Gasteiger partial charge in [0.25, 0.3) is 0 Å². The van der Waals surface area contributed by atoms with Gasteiger partial charge in [-0.3, -0.25) is 0 Å². The van der Waals surface area contributed by atoms with Gasteiger partial charge in [0.15, 0.2) is 0 Å². The third-order valence-electron chi connectivity index (χ3n) is 9.57. The smallest absolute Gasteiger partial charge is 0.343 e. The van der Waals surface area contributed by atoms with Gasteiger partial charge in [-0.25, -0.2) is 9.59 Å². The molecule has 0 amide bonds. The third-order valence-corrected chi connectivity index (χ3v) is 9.57. The van der Waals surface area contributed by atoms with Crippen LogP contribution in [0.15, 0.2) is 173 Å². The van der Waals surface area contributed by atoms with Gasteiger partial charge in [-0.15, -0.1) is 0 Å². The van der Waals surface area contributed by atoms with Crippen LogP contribution in [-0.2, 0) is 11.2 Å². The zero-order valence-electron chi connectivity index (χ0n) is 34.2. The predicted molar refractivity (Wildman–Crippen MR) is 253 cm³/mol. The predicted octanol–water partition coefficient (Wildman–Crippen LogP) is 13.6. The average molecular weight is 805 g/mol. The van der Waals surface area contributed by atoms with E-state index in [9.17, 15) is 9.59 Å². The molecule has 6 rings (SSSR count). The molecule has 0 saturated heterocycles. The third kappa shape index (κ3) is 12.3. The fraction of sp³-hybridized carbons (Fsp3) is 0.0545. The first-order valence-electron chi connectivity index (χ1n) is 19.5. The van der Waals surface area contributed by atoms with Crippen molar-refractivity contribution in [3.63, 3.8) is 0 Å². The monoisotopic (exact) mass is 804 g/mol. The fourth-order valence-electron chi connectivity index (χ4n) is 6.09. The number of esters is 2. The van der Waals surface area contributed by atoms with Crippen LogP contribution in [0.2, 0.25) is 0 Å². The van der Waals surface area contributed by atoms with Crippen LogP contribution in [0.4, 0.5) is 0 Å². The summed E-state index contributed by atoms with van der Waals surface area (Å²) in [5.41, 5.74) is 10.7. The molecule has 0 fully saturated rings. The summed E-state index contributed by atoms with van der Waals surface area (Å²) in [5, 5.41) is 0. The summed E-state index contributed by atoms with van der Waals surface area (Å²) < 4.78 is 22.2. The van der Waals surface area contributed by atoms with Gasteiger partial charge in [0.2, 0.25) is 6.79 Å². The first kappa shape index (κ1) is 44.1. The lowest BCUT2D eigenvalue weighted by Crippen LogP contribution is -2.09. The van der Waals surface area contributed by atoms with Gasteiger partial charge in [-0.1, -0.05) is 155 Å². The minimum atomic E-state index is -0.457. The van der Waals surface area contributed by atoms with Gasteiger partial charge >= 0.3 is 11.9 Å². The summed E-state index contributed by atoms with van der Waals surface area (Å²) in [4.78, 5) is 24.8. The van der Waals surface area contributed by atoms with E-state index in [1.807, 2.05) is 66.7 Å². The molecule has 6 heteroatoms. The largest absolute Gasteiger partial charge is 0.462 e. The Kier molecular flexibility index (Phi) is 16.1. The van der Waals surface area contributed by atoms with E-state index in [0.29, 0.717) is 23.3 Å². The zero-order chi connectivity index (χ0) is 43.6. The van der Waals surface area contributed by atoms with Crippen LogP contribution in [0.3, 0.4) is 0 Å². The van der Waals surface area contributed by atoms with Crippen LogP contribution in [0.1, 0.15) is 65.2 Å². The second-order valence-corrected chi connectivity index (χ2v) is 13.4. The van der Waals surface area contributed by atoms with E-state index in [1.54, 1.807) is 78.9 Å². The molecule has 0 aliphatic carbocycles. The Balaban J connectivity index is 0.000000237. The maximum absolute atomic E-state index is 12.5. The summed E-state index contributed by atoms with van der Waals surface area (Å²) in [7, 11) is 0. The molecule has 0 radical (unpaired) electrons. The summed E-state index contributed by atoms with van der Waals surface area (Å²) in [6.45, 7) is 26.8.